The number of aromatic nitrogens is 2. The lowest BCUT2D eigenvalue weighted by Gasteiger charge is -2.31. The summed E-state index contributed by atoms with van der Waals surface area (Å²) in [5.41, 5.74) is 5.18. The molecule has 5 rings (SSSR count). The van der Waals surface area contributed by atoms with Crippen molar-refractivity contribution in [1.29, 1.82) is 0 Å². The van der Waals surface area contributed by atoms with Crippen LogP contribution >= 0.6 is 0 Å². The van der Waals surface area contributed by atoms with E-state index in [2.05, 4.69) is 45.7 Å². The Morgan fingerprint density at radius 2 is 1.79 bits per heavy atom. The second kappa shape index (κ2) is 8.29. The van der Waals surface area contributed by atoms with Gasteiger partial charge in [0.25, 0.3) is 10.0 Å². The lowest BCUT2D eigenvalue weighted by Crippen LogP contribution is -2.41. The van der Waals surface area contributed by atoms with Crippen LogP contribution in [-0.2, 0) is 15.8 Å². The fourth-order valence-corrected chi connectivity index (χ4v) is 5.56. The number of fused-ring (bicyclic) bond motifs is 1. The predicted molar refractivity (Wildman–Crippen MR) is 137 cm³/mol. The maximum atomic E-state index is 12.9. The highest BCUT2D eigenvalue weighted by Crippen LogP contribution is 2.42. The average Bonchev–Trinajstić information content (AvgIpc) is 3.44. The summed E-state index contributed by atoms with van der Waals surface area (Å²) in [5, 5.41) is 7.56. The third kappa shape index (κ3) is 4.05. The van der Waals surface area contributed by atoms with Gasteiger partial charge in [-0.1, -0.05) is 48.5 Å². The number of rotatable bonds is 6. The van der Waals surface area contributed by atoms with E-state index in [9.17, 15) is 8.42 Å². The quantitative estimate of drug-likeness (QED) is 0.590. The SMILES string of the molecule is CN(C)c1ccc(C2=CC3C(c4cnn(S(=O)(=O)Cc5ccccc5)c4)=CNC3(C)N=C2)cc1. The van der Waals surface area contributed by atoms with Crippen molar-refractivity contribution in [2.75, 3.05) is 19.0 Å². The average molecular weight is 474 g/mol. The van der Waals surface area contributed by atoms with Gasteiger partial charge >= 0.3 is 0 Å². The molecule has 0 bridgehead atoms. The van der Waals surface area contributed by atoms with E-state index in [-0.39, 0.29) is 11.7 Å². The summed E-state index contributed by atoms with van der Waals surface area (Å²) in [7, 11) is 0.412. The first-order valence-electron chi connectivity index (χ1n) is 11.1. The number of hydrogen-bond acceptors (Lipinski definition) is 6. The van der Waals surface area contributed by atoms with Crippen molar-refractivity contribution >= 4 is 33.1 Å². The van der Waals surface area contributed by atoms with Gasteiger partial charge in [-0.25, -0.2) is 8.42 Å². The molecule has 3 heterocycles. The summed E-state index contributed by atoms with van der Waals surface area (Å²) in [5.74, 6) is -0.166. The standard InChI is InChI=1S/C26H27N5O2S/c1-26-25(13-21(14-27-26)20-9-11-23(12-10-20)30(2)3)24(16-28-26)22-15-29-31(17-22)34(32,33)18-19-7-5-4-6-8-19/h4-17,25,28H,18H2,1-3H3. The fourth-order valence-electron chi connectivity index (χ4n) is 4.34. The Labute approximate surface area is 200 Å². The molecule has 2 aromatic carbocycles. The molecule has 2 atom stereocenters. The number of dihydropyridines is 1. The van der Waals surface area contributed by atoms with E-state index in [1.54, 1.807) is 24.5 Å². The minimum atomic E-state index is -3.62. The molecule has 34 heavy (non-hydrogen) atoms. The Morgan fingerprint density at radius 3 is 2.50 bits per heavy atom. The molecule has 0 aliphatic carbocycles. The van der Waals surface area contributed by atoms with E-state index in [1.165, 1.54) is 0 Å². The van der Waals surface area contributed by atoms with Gasteiger partial charge in [-0.05, 0) is 41.3 Å². The topological polar surface area (TPSA) is 79.6 Å². The van der Waals surface area contributed by atoms with Gasteiger partial charge in [0.1, 0.15) is 5.66 Å². The van der Waals surface area contributed by atoms with Crippen molar-refractivity contribution in [3.63, 3.8) is 0 Å². The number of hydrogen-bond donors (Lipinski definition) is 1. The summed E-state index contributed by atoms with van der Waals surface area (Å²) < 4.78 is 26.9. The van der Waals surface area contributed by atoms with Crippen molar-refractivity contribution in [3.8, 4) is 0 Å². The second-order valence-electron chi connectivity index (χ2n) is 9.03. The van der Waals surface area contributed by atoms with Crippen LogP contribution in [0.3, 0.4) is 0 Å². The number of nitrogens with zero attached hydrogens (tertiary/aromatic N) is 4. The highest BCUT2D eigenvalue weighted by Gasteiger charge is 2.41. The van der Waals surface area contributed by atoms with Crippen LogP contribution in [0.15, 0.2) is 84.3 Å². The number of aliphatic imine (C=N–C) groups is 1. The Bertz CT molecular complexity index is 1400. The Balaban J connectivity index is 1.42. The van der Waals surface area contributed by atoms with Gasteiger partial charge in [0, 0.05) is 43.7 Å². The van der Waals surface area contributed by atoms with Crippen molar-refractivity contribution in [2.45, 2.75) is 18.3 Å². The largest absolute Gasteiger partial charge is 0.378 e. The Kier molecular flexibility index (Phi) is 5.40. The zero-order chi connectivity index (χ0) is 23.9. The molecule has 0 saturated heterocycles. The van der Waals surface area contributed by atoms with Crippen molar-refractivity contribution in [2.24, 2.45) is 10.9 Å². The molecule has 2 unspecified atom stereocenters. The molecule has 0 amide bonds. The van der Waals surface area contributed by atoms with Crippen LogP contribution in [0.5, 0.6) is 0 Å². The van der Waals surface area contributed by atoms with Crippen molar-refractivity contribution < 1.29 is 8.42 Å². The van der Waals surface area contributed by atoms with Crippen LogP contribution in [0.2, 0.25) is 0 Å². The molecule has 3 aromatic rings. The summed E-state index contributed by atoms with van der Waals surface area (Å²) in [6.45, 7) is 2.04. The molecule has 0 fully saturated rings. The zero-order valence-corrected chi connectivity index (χ0v) is 20.2. The maximum Gasteiger partial charge on any atom is 0.257 e. The summed E-state index contributed by atoms with van der Waals surface area (Å²) in [4.78, 5) is 6.88. The first-order chi connectivity index (χ1) is 16.2. The lowest BCUT2D eigenvalue weighted by atomic mass is 9.83. The molecule has 0 radical (unpaired) electrons. The molecule has 1 aromatic heterocycles. The third-order valence-electron chi connectivity index (χ3n) is 6.37. The molecule has 1 N–H and O–H groups in total. The van der Waals surface area contributed by atoms with Crippen LogP contribution in [-0.4, -0.2) is 43.6 Å². The molecule has 7 nitrogen and oxygen atoms in total. The second-order valence-corrected chi connectivity index (χ2v) is 10.9. The molecule has 174 valence electrons. The monoisotopic (exact) mass is 473 g/mol. The van der Waals surface area contributed by atoms with Crippen LogP contribution in [0.4, 0.5) is 5.69 Å². The third-order valence-corrected chi connectivity index (χ3v) is 7.83. The van der Waals surface area contributed by atoms with Crippen LogP contribution in [0, 0.1) is 5.92 Å². The number of allylic oxidation sites excluding steroid dienone is 1. The summed E-state index contributed by atoms with van der Waals surface area (Å²) in [6, 6.07) is 17.5. The van der Waals surface area contributed by atoms with Crippen molar-refractivity contribution in [1.82, 2.24) is 14.5 Å². The van der Waals surface area contributed by atoms with Crippen LogP contribution in [0.25, 0.3) is 11.1 Å². The van der Waals surface area contributed by atoms with E-state index < -0.39 is 15.7 Å². The van der Waals surface area contributed by atoms with Gasteiger partial charge in [0.15, 0.2) is 0 Å². The molecule has 2 aliphatic heterocycles. The summed E-state index contributed by atoms with van der Waals surface area (Å²) >= 11 is 0. The molecule has 0 saturated carbocycles. The lowest BCUT2D eigenvalue weighted by molar-refractivity contribution is 0.392. The van der Waals surface area contributed by atoms with E-state index in [4.69, 9.17) is 4.99 Å². The maximum absolute atomic E-state index is 12.9. The van der Waals surface area contributed by atoms with Gasteiger partial charge in [0.2, 0.25) is 0 Å². The number of benzene rings is 2. The van der Waals surface area contributed by atoms with E-state index in [0.29, 0.717) is 0 Å². The van der Waals surface area contributed by atoms with E-state index in [1.807, 2.05) is 51.6 Å². The Hall–Kier alpha value is -3.65. The minimum absolute atomic E-state index is 0.0597. The number of anilines is 1. The smallest absolute Gasteiger partial charge is 0.257 e. The van der Waals surface area contributed by atoms with Gasteiger partial charge < -0.3 is 10.2 Å². The molecule has 8 heteroatoms. The number of nitrogens with one attached hydrogen (secondary N) is 1. The van der Waals surface area contributed by atoms with Crippen molar-refractivity contribution in [3.05, 3.63) is 96.0 Å². The van der Waals surface area contributed by atoms with E-state index in [0.717, 1.165) is 37.6 Å². The van der Waals surface area contributed by atoms with Gasteiger partial charge in [-0.3, -0.25) is 4.99 Å². The van der Waals surface area contributed by atoms with Gasteiger partial charge in [-0.15, -0.1) is 0 Å². The van der Waals surface area contributed by atoms with E-state index >= 15 is 0 Å². The molecular weight excluding hydrogens is 446 g/mol. The first kappa shape index (κ1) is 22.2. The minimum Gasteiger partial charge on any atom is -0.378 e. The fraction of sp³-hybridized carbons (Fsp3) is 0.231. The zero-order valence-electron chi connectivity index (χ0n) is 19.4. The van der Waals surface area contributed by atoms with Gasteiger partial charge in [-0.2, -0.15) is 9.19 Å². The van der Waals surface area contributed by atoms with Crippen LogP contribution < -0.4 is 10.2 Å². The first-order valence-corrected chi connectivity index (χ1v) is 12.7. The molecular formula is C26H27N5O2S. The van der Waals surface area contributed by atoms with Crippen LogP contribution in [0.1, 0.15) is 23.6 Å². The highest BCUT2D eigenvalue weighted by molar-refractivity contribution is 7.89. The summed E-state index contributed by atoms with van der Waals surface area (Å²) in [6.07, 6.45) is 9.22. The molecule has 2 aliphatic rings. The highest BCUT2D eigenvalue weighted by atomic mass is 32.2. The predicted octanol–water partition coefficient (Wildman–Crippen LogP) is 3.77. The van der Waals surface area contributed by atoms with Gasteiger partial charge in [0.05, 0.1) is 18.1 Å². The Morgan fingerprint density at radius 1 is 1.06 bits per heavy atom. The molecule has 0 spiro atoms. The normalized spacial score (nSPS) is 21.4.